The lowest BCUT2D eigenvalue weighted by atomic mass is 10.1. The Balaban J connectivity index is 1.57. The molecule has 2 aliphatic rings. The normalized spacial score (nSPS) is 24.1. The van der Waals surface area contributed by atoms with Gasteiger partial charge in [-0.1, -0.05) is 11.2 Å². The van der Waals surface area contributed by atoms with E-state index in [1.807, 2.05) is 18.2 Å². The number of rotatable bonds is 3. The van der Waals surface area contributed by atoms with E-state index in [4.69, 9.17) is 9.63 Å². The average Bonchev–Trinajstić information content (AvgIpc) is 3.39. The lowest BCUT2D eigenvalue weighted by Gasteiger charge is -2.29. The average molecular weight is 366 g/mol. The second-order valence-electron chi connectivity index (χ2n) is 7.64. The minimum absolute atomic E-state index is 0.0194. The Kier molecular flexibility index (Phi) is 3.47. The number of amides is 1. The molecular formula is C20H22N4O3. The van der Waals surface area contributed by atoms with Crippen molar-refractivity contribution in [2.75, 3.05) is 11.4 Å². The van der Waals surface area contributed by atoms with Crippen molar-refractivity contribution in [3.8, 4) is 5.82 Å². The van der Waals surface area contributed by atoms with Gasteiger partial charge >= 0.3 is 6.09 Å². The van der Waals surface area contributed by atoms with Crippen LogP contribution in [0.1, 0.15) is 24.2 Å². The summed E-state index contributed by atoms with van der Waals surface area (Å²) in [6.45, 7) is 4.95. The number of piperidine rings is 1. The van der Waals surface area contributed by atoms with Crippen LogP contribution in [0.2, 0.25) is 0 Å². The number of para-hydroxylation sites is 1. The van der Waals surface area contributed by atoms with Crippen molar-refractivity contribution in [3.05, 3.63) is 41.7 Å². The van der Waals surface area contributed by atoms with E-state index in [0.717, 1.165) is 53.2 Å². The molecule has 1 saturated heterocycles. The Hall–Kier alpha value is -2.96. The monoisotopic (exact) mass is 366 g/mol. The van der Waals surface area contributed by atoms with E-state index in [1.54, 1.807) is 0 Å². The van der Waals surface area contributed by atoms with Gasteiger partial charge in [0.25, 0.3) is 0 Å². The Labute approximate surface area is 156 Å². The topological polar surface area (TPSA) is 83.5 Å². The van der Waals surface area contributed by atoms with Crippen LogP contribution >= 0.6 is 0 Å². The lowest BCUT2D eigenvalue weighted by molar-refractivity contribution is 0.188. The molecule has 0 radical (unpaired) electrons. The molecule has 0 spiro atoms. The highest BCUT2D eigenvalue weighted by molar-refractivity contribution is 5.94. The molecule has 2 N–H and O–H groups in total. The maximum atomic E-state index is 11.2. The zero-order valence-electron chi connectivity index (χ0n) is 15.3. The number of fused-ring (bicyclic) bond motifs is 3. The molecule has 7 heteroatoms. The summed E-state index contributed by atoms with van der Waals surface area (Å²) in [5.41, 5.74) is 3.98. The molecule has 1 aromatic carbocycles. The number of nitrogens with one attached hydrogen (secondary N) is 1. The summed E-state index contributed by atoms with van der Waals surface area (Å²) in [6, 6.07) is 10.4. The molecule has 5 rings (SSSR count). The number of nitrogens with zero attached hydrogens (tertiary/aromatic N) is 3. The number of aromatic nitrogens is 2. The molecule has 3 heterocycles. The Morgan fingerprint density at radius 1 is 1.22 bits per heavy atom. The Morgan fingerprint density at radius 3 is 2.74 bits per heavy atom. The first kappa shape index (κ1) is 16.2. The second kappa shape index (κ2) is 5.77. The van der Waals surface area contributed by atoms with Gasteiger partial charge in [0.05, 0.1) is 17.1 Å². The van der Waals surface area contributed by atoms with E-state index in [1.165, 1.54) is 0 Å². The van der Waals surface area contributed by atoms with Crippen molar-refractivity contribution in [2.45, 2.75) is 38.8 Å². The van der Waals surface area contributed by atoms with Gasteiger partial charge in [0.15, 0.2) is 11.4 Å². The largest absolute Gasteiger partial charge is 0.465 e. The van der Waals surface area contributed by atoms with Crippen LogP contribution < -0.4 is 10.2 Å². The molecule has 2 aromatic heterocycles. The molecule has 2 bridgehead atoms. The van der Waals surface area contributed by atoms with Crippen LogP contribution in [-0.2, 0) is 0 Å². The predicted octanol–water partition coefficient (Wildman–Crippen LogP) is 3.47. The molecule has 140 valence electrons. The van der Waals surface area contributed by atoms with Crippen LogP contribution in [0.25, 0.3) is 16.8 Å². The van der Waals surface area contributed by atoms with Gasteiger partial charge in [0.1, 0.15) is 0 Å². The van der Waals surface area contributed by atoms with Crippen molar-refractivity contribution in [2.24, 2.45) is 5.92 Å². The summed E-state index contributed by atoms with van der Waals surface area (Å²) in [6.07, 6.45) is 1.10. The van der Waals surface area contributed by atoms with Crippen molar-refractivity contribution in [3.63, 3.8) is 0 Å². The zero-order valence-corrected chi connectivity index (χ0v) is 15.3. The summed E-state index contributed by atoms with van der Waals surface area (Å²) in [5.74, 6) is 1.15. The number of carboxylic acid groups (broad SMARTS) is 1. The molecule has 2 fully saturated rings. The summed E-state index contributed by atoms with van der Waals surface area (Å²) >= 11 is 0. The fraction of sp³-hybridized carbons (Fsp3) is 0.400. The molecule has 27 heavy (non-hydrogen) atoms. The minimum Gasteiger partial charge on any atom is -0.465 e. The van der Waals surface area contributed by atoms with Crippen molar-refractivity contribution in [1.29, 1.82) is 0 Å². The first-order chi connectivity index (χ1) is 13.0. The third-order valence-corrected chi connectivity index (χ3v) is 6.13. The van der Waals surface area contributed by atoms with Gasteiger partial charge in [0, 0.05) is 24.0 Å². The predicted molar refractivity (Wildman–Crippen MR) is 102 cm³/mol. The maximum absolute atomic E-state index is 11.2. The summed E-state index contributed by atoms with van der Waals surface area (Å²) in [7, 11) is 0. The van der Waals surface area contributed by atoms with Crippen LogP contribution in [0.3, 0.4) is 0 Å². The minimum atomic E-state index is -0.947. The van der Waals surface area contributed by atoms with E-state index in [9.17, 15) is 4.79 Å². The quantitative estimate of drug-likeness (QED) is 0.742. The smallest absolute Gasteiger partial charge is 0.404 e. The molecule has 0 unspecified atom stereocenters. The van der Waals surface area contributed by atoms with Crippen LogP contribution in [0.15, 0.2) is 34.9 Å². The fourth-order valence-electron chi connectivity index (χ4n) is 4.96. The van der Waals surface area contributed by atoms with Crippen LogP contribution in [0.4, 0.5) is 10.5 Å². The van der Waals surface area contributed by atoms with Crippen molar-refractivity contribution >= 4 is 22.7 Å². The first-order valence-electron chi connectivity index (χ1n) is 9.34. The molecule has 1 aliphatic heterocycles. The molecule has 1 amide bonds. The van der Waals surface area contributed by atoms with E-state index in [0.29, 0.717) is 5.92 Å². The number of hydrogen-bond acceptors (Lipinski definition) is 4. The third kappa shape index (κ3) is 2.34. The number of anilines is 1. The third-order valence-electron chi connectivity index (χ3n) is 6.13. The van der Waals surface area contributed by atoms with Gasteiger partial charge in [-0.3, -0.25) is 4.57 Å². The molecular weight excluding hydrogens is 344 g/mol. The standard InChI is InChI=1S/C20H22N4O3/c1-11-6-7-12(2)24(11)19-14-4-3-5-16(18(14)27-22-19)23-10-13-8-9-15(23)17(13)21-20(25)26/h3-7,13,15,17,21H,8-10H2,1-2H3,(H,25,26)/t13-,15-,17+/m0/s1. The zero-order chi connectivity index (χ0) is 18.7. The molecule has 7 nitrogen and oxygen atoms in total. The Bertz CT molecular complexity index is 1020. The number of hydrogen-bond donors (Lipinski definition) is 2. The molecule has 3 atom stereocenters. The van der Waals surface area contributed by atoms with E-state index < -0.39 is 6.09 Å². The van der Waals surface area contributed by atoms with Gasteiger partial charge in [-0.2, -0.15) is 0 Å². The highest BCUT2D eigenvalue weighted by atomic mass is 16.5. The van der Waals surface area contributed by atoms with Crippen molar-refractivity contribution in [1.82, 2.24) is 15.0 Å². The maximum Gasteiger partial charge on any atom is 0.404 e. The second-order valence-corrected chi connectivity index (χ2v) is 7.64. The van der Waals surface area contributed by atoms with Crippen LogP contribution in [0, 0.1) is 19.8 Å². The van der Waals surface area contributed by atoms with Gasteiger partial charge < -0.3 is 19.8 Å². The molecule has 3 aromatic rings. The van der Waals surface area contributed by atoms with Gasteiger partial charge in [-0.15, -0.1) is 0 Å². The Morgan fingerprint density at radius 2 is 2.00 bits per heavy atom. The van der Waals surface area contributed by atoms with Gasteiger partial charge in [0.2, 0.25) is 0 Å². The van der Waals surface area contributed by atoms with E-state index >= 15 is 0 Å². The SMILES string of the molecule is Cc1ccc(C)n1-c1noc2c(N3C[C@@H]4CC[C@H]3[C@@H]4NC(=O)O)cccc12. The van der Waals surface area contributed by atoms with Gasteiger partial charge in [-0.25, -0.2) is 4.79 Å². The lowest BCUT2D eigenvalue weighted by Crippen LogP contribution is -2.43. The highest BCUT2D eigenvalue weighted by Gasteiger charge is 2.48. The molecule has 1 aliphatic carbocycles. The fourth-order valence-corrected chi connectivity index (χ4v) is 4.96. The summed E-state index contributed by atoms with van der Waals surface area (Å²) in [5, 5.41) is 17.2. The van der Waals surface area contributed by atoms with Crippen LogP contribution in [0.5, 0.6) is 0 Å². The summed E-state index contributed by atoms with van der Waals surface area (Å²) in [4.78, 5) is 13.5. The summed E-state index contributed by atoms with van der Waals surface area (Å²) < 4.78 is 7.90. The molecule has 1 saturated carbocycles. The van der Waals surface area contributed by atoms with Crippen LogP contribution in [-0.4, -0.2) is 39.6 Å². The number of carbonyl (C=O) groups is 1. The van der Waals surface area contributed by atoms with Crippen molar-refractivity contribution < 1.29 is 14.4 Å². The first-order valence-corrected chi connectivity index (χ1v) is 9.34. The number of benzene rings is 1. The van der Waals surface area contributed by atoms with E-state index in [-0.39, 0.29) is 12.1 Å². The number of aryl methyl sites for hydroxylation is 2. The van der Waals surface area contributed by atoms with Gasteiger partial charge in [-0.05, 0) is 56.9 Å². The van der Waals surface area contributed by atoms with E-state index in [2.05, 4.69) is 45.9 Å². The highest BCUT2D eigenvalue weighted by Crippen LogP contribution is 2.43.